The molecule has 1 aliphatic heterocycles. The number of amides is 1. The van der Waals surface area contributed by atoms with Gasteiger partial charge in [-0.15, -0.1) is 0 Å². The molecule has 166 valence electrons. The first-order valence-electron chi connectivity index (χ1n) is 9.78. The van der Waals surface area contributed by atoms with Gasteiger partial charge < -0.3 is 5.32 Å². The van der Waals surface area contributed by atoms with E-state index in [1.165, 1.54) is 23.1 Å². The van der Waals surface area contributed by atoms with Crippen molar-refractivity contribution < 1.29 is 22.4 Å². The zero-order chi connectivity index (χ0) is 22.8. The molecule has 6 nitrogen and oxygen atoms in total. The topological polar surface area (TPSA) is 64.3 Å². The Balaban J connectivity index is 1.73. The molecule has 0 aliphatic carbocycles. The number of aromatic nitrogens is 1. The fraction of sp³-hybridized carbons (Fsp3) is 0.429. The number of nitriles is 1. The molecule has 3 rings (SSSR count). The van der Waals surface area contributed by atoms with E-state index in [1.54, 1.807) is 29.4 Å². The first kappa shape index (κ1) is 22.8. The van der Waals surface area contributed by atoms with Crippen molar-refractivity contribution in [1.29, 1.82) is 5.26 Å². The lowest BCUT2D eigenvalue weighted by atomic mass is 10.2. The summed E-state index contributed by atoms with van der Waals surface area (Å²) in [7, 11) is 0. The molecule has 1 aliphatic rings. The smallest absolute Gasteiger partial charge is 0.310 e. The number of rotatable bonds is 5. The van der Waals surface area contributed by atoms with Crippen LogP contribution in [0.1, 0.15) is 16.8 Å². The van der Waals surface area contributed by atoms with Crippen molar-refractivity contribution in [1.82, 2.24) is 14.4 Å². The number of anilines is 1. The van der Waals surface area contributed by atoms with E-state index in [1.807, 2.05) is 0 Å². The maximum atomic E-state index is 13.8. The first-order chi connectivity index (χ1) is 14.6. The highest BCUT2D eigenvalue weighted by Gasteiger charge is 2.32. The molecule has 2 heterocycles. The van der Waals surface area contributed by atoms with Crippen molar-refractivity contribution >= 4 is 11.7 Å². The lowest BCUT2D eigenvalue weighted by Gasteiger charge is -2.34. The summed E-state index contributed by atoms with van der Waals surface area (Å²) in [4.78, 5) is 15.8. The van der Waals surface area contributed by atoms with Gasteiger partial charge in [0.25, 0.3) is 0 Å². The molecule has 0 unspecified atom stereocenters. The summed E-state index contributed by atoms with van der Waals surface area (Å²) in [6, 6.07) is 7.91. The molecule has 1 amide bonds. The number of halogens is 4. The average molecular weight is 437 g/mol. The fourth-order valence-electron chi connectivity index (χ4n) is 3.73. The van der Waals surface area contributed by atoms with Crippen LogP contribution in [-0.4, -0.2) is 65.7 Å². The van der Waals surface area contributed by atoms with Gasteiger partial charge in [-0.25, -0.2) is 4.39 Å². The number of benzene rings is 1. The van der Waals surface area contributed by atoms with Gasteiger partial charge in [-0.2, -0.15) is 18.4 Å². The highest BCUT2D eigenvalue weighted by Crippen LogP contribution is 2.30. The third kappa shape index (κ3) is 5.42. The van der Waals surface area contributed by atoms with Crippen molar-refractivity contribution in [3.63, 3.8) is 0 Å². The molecular weight excluding hydrogens is 414 g/mol. The number of piperazine rings is 1. The van der Waals surface area contributed by atoms with E-state index in [0.717, 1.165) is 0 Å². The second-order valence-corrected chi connectivity index (χ2v) is 7.58. The van der Waals surface area contributed by atoms with Crippen LogP contribution in [0.3, 0.4) is 0 Å². The minimum atomic E-state index is -4.24. The van der Waals surface area contributed by atoms with Crippen LogP contribution < -0.4 is 5.32 Å². The van der Waals surface area contributed by atoms with Gasteiger partial charge in [0.1, 0.15) is 17.7 Å². The Morgan fingerprint density at radius 2 is 1.81 bits per heavy atom. The molecule has 1 N–H and O–H groups in total. The highest BCUT2D eigenvalue weighted by atomic mass is 19.4. The summed E-state index contributed by atoms with van der Waals surface area (Å²) >= 11 is 0. The molecule has 1 aromatic heterocycles. The molecular formula is C21H23F4N5O. The number of hydrogen-bond acceptors (Lipinski definition) is 4. The molecule has 2 aromatic rings. The molecule has 1 saturated heterocycles. The number of carbonyl (C=O) groups excluding carboxylic acids is 1. The van der Waals surface area contributed by atoms with Crippen molar-refractivity contribution in [2.45, 2.75) is 20.0 Å². The maximum Gasteiger partial charge on any atom is 0.401 e. The Morgan fingerprint density at radius 1 is 1.16 bits per heavy atom. The van der Waals surface area contributed by atoms with Gasteiger partial charge in [0.15, 0.2) is 0 Å². The van der Waals surface area contributed by atoms with E-state index in [4.69, 9.17) is 0 Å². The summed E-state index contributed by atoms with van der Waals surface area (Å²) < 4.78 is 53.0. The fourth-order valence-corrected chi connectivity index (χ4v) is 3.73. The standard InChI is InChI=1S/C21H23F4N5O/c1-14-15(2)30(17-5-3-4-16(22)10-17)20(18(14)11-26)27-19(31)12-28-6-8-29(9-7-28)13-21(23,24)25/h3-5,10H,6-9,12-13H2,1-2H3,(H,27,31). The summed E-state index contributed by atoms with van der Waals surface area (Å²) in [5.41, 5.74) is 2.12. The van der Waals surface area contributed by atoms with Gasteiger partial charge in [-0.1, -0.05) is 6.07 Å². The summed E-state index contributed by atoms with van der Waals surface area (Å²) in [6.07, 6.45) is -4.24. The lowest BCUT2D eigenvalue weighted by molar-refractivity contribution is -0.149. The Kier molecular flexibility index (Phi) is 6.67. The van der Waals surface area contributed by atoms with Crippen LogP contribution in [0.25, 0.3) is 5.69 Å². The van der Waals surface area contributed by atoms with Gasteiger partial charge in [-0.05, 0) is 37.6 Å². The van der Waals surface area contributed by atoms with Crippen LogP contribution in [0.4, 0.5) is 23.4 Å². The predicted octanol–water partition coefficient (Wildman–Crippen LogP) is 3.22. The van der Waals surface area contributed by atoms with Crippen LogP contribution in [0, 0.1) is 31.0 Å². The van der Waals surface area contributed by atoms with E-state index < -0.39 is 24.4 Å². The van der Waals surface area contributed by atoms with Gasteiger partial charge in [0.2, 0.25) is 5.91 Å². The molecule has 0 saturated carbocycles. The zero-order valence-electron chi connectivity index (χ0n) is 17.3. The van der Waals surface area contributed by atoms with E-state index in [-0.39, 0.29) is 31.0 Å². The van der Waals surface area contributed by atoms with E-state index in [2.05, 4.69) is 11.4 Å². The van der Waals surface area contributed by atoms with Crippen LogP contribution >= 0.6 is 0 Å². The quantitative estimate of drug-likeness (QED) is 0.730. The van der Waals surface area contributed by atoms with E-state index >= 15 is 0 Å². The number of hydrogen-bond donors (Lipinski definition) is 1. The molecule has 0 spiro atoms. The van der Waals surface area contributed by atoms with Crippen LogP contribution in [0.2, 0.25) is 0 Å². The maximum absolute atomic E-state index is 13.8. The second-order valence-electron chi connectivity index (χ2n) is 7.58. The Bertz CT molecular complexity index is 1000. The predicted molar refractivity (Wildman–Crippen MR) is 107 cm³/mol. The first-order valence-corrected chi connectivity index (χ1v) is 9.78. The number of carbonyl (C=O) groups is 1. The molecule has 0 atom stereocenters. The van der Waals surface area contributed by atoms with Gasteiger partial charge in [0.05, 0.1) is 24.3 Å². The normalized spacial score (nSPS) is 15.6. The summed E-state index contributed by atoms with van der Waals surface area (Å²) in [6.45, 7) is 3.64. The van der Waals surface area contributed by atoms with Gasteiger partial charge in [-0.3, -0.25) is 19.2 Å². The lowest BCUT2D eigenvalue weighted by Crippen LogP contribution is -2.50. The monoisotopic (exact) mass is 437 g/mol. The highest BCUT2D eigenvalue weighted by molar-refractivity contribution is 5.93. The summed E-state index contributed by atoms with van der Waals surface area (Å²) in [5, 5.41) is 12.3. The van der Waals surface area contributed by atoms with Crippen LogP contribution in [0.15, 0.2) is 24.3 Å². The van der Waals surface area contributed by atoms with Gasteiger partial charge in [0, 0.05) is 31.9 Å². The molecule has 1 aromatic carbocycles. The molecule has 1 fully saturated rings. The van der Waals surface area contributed by atoms with Crippen LogP contribution in [0.5, 0.6) is 0 Å². The Morgan fingerprint density at radius 3 is 2.39 bits per heavy atom. The van der Waals surface area contributed by atoms with Crippen molar-refractivity contribution in [3.8, 4) is 11.8 Å². The average Bonchev–Trinajstić information content (AvgIpc) is 2.91. The zero-order valence-corrected chi connectivity index (χ0v) is 17.3. The number of nitrogens with one attached hydrogen (secondary N) is 1. The van der Waals surface area contributed by atoms with E-state index in [9.17, 15) is 27.6 Å². The third-order valence-corrected chi connectivity index (χ3v) is 5.38. The third-order valence-electron chi connectivity index (χ3n) is 5.38. The SMILES string of the molecule is Cc1c(C#N)c(NC(=O)CN2CCN(CC(F)(F)F)CC2)n(-c2cccc(F)c2)c1C. The summed E-state index contributed by atoms with van der Waals surface area (Å²) in [5.74, 6) is -0.588. The second kappa shape index (κ2) is 9.08. The van der Waals surface area contributed by atoms with Crippen molar-refractivity contribution in [2.75, 3.05) is 44.6 Å². The molecule has 0 bridgehead atoms. The van der Waals surface area contributed by atoms with Crippen molar-refractivity contribution in [2.24, 2.45) is 0 Å². The van der Waals surface area contributed by atoms with E-state index in [0.29, 0.717) is 30.0 Å². The largest absolute Gasteiger partial charge is 0.401 e. The number of alkyl halides is 3. The molecule has 31 heavy (non-hydrogen) atoms. The van der Waals surface area contributed by atoms with Gasteiger partial charge >= 0.3 is 6.18 Å². The Hall–Kier alpha value is -2.90. The molecule has 0 radical (unpaired) electrons. The van der Waals surface area contributed by atoms with Crippen molar-refractivity contribution in [3.05, 3.63) is 46.9 Å². The van der Waals surface area contributed by atoms with Crippen LogP contribution in [-0.2, 0) is 4.79 Å². The molecule has 10 heteroatoms. The number of nitrogens with zero attached hydrogens (tertiary/aromatic N) is 4. The minimum absolute atomic E-state index is 0.0167. The minimum Gasteiger partial charge on any atom is -0.310 e. The Labute approximate surface area is 177 Å².